The van der Waals surface area contributed by atoms with Gasteiger partial charge in [-0.15, -0.1) is 0 Å². The zero-order chi connectivity index (χ0) is 14.4. The predicted octanol–water partition coefficient (Wildman–Crippen LogP) is 2.09. The molecule has 0 amide bonds. The summed E-state index contributed by atoms with van der Waals surface area (Å²) >= 11 is 0. The first kappa shape index (κ1) is 11.8. The quantitative estimate of drug-likeness (QED) is 0.739. The van der Waals surface area contributed by atoms with Gasteiger partial charge in [-0.25, -0.2) is 9.36 Å². The number of ether oxygens (including phenoxy) is 1. The molecule has 104 valence electrons. The molecule has 3 aromatic rings. The third kappa shape index (κ3) is 1.80. The summed E-state index contributed by atoms with van der Waals surface area (Å²) in [6.07, 6.45) is 0. The van der Waals surface area contributed by atoms with E-state index < -0.39 is 5.76 Å². The van der Waals surface area contributed by atoms with Gasteiger partial charge in [0.2, 0.25) is 0 Å². The van der Waals surface area contributed by atoms with E-state index in [4.69, 9.17) is 4.74 Å². The third-order valence-corrected chi connectivity index (χ3v) is 3.41. The molecule has 6 nitrogen and oxygen atoms in total. The van der Waals surface area contributed by atoms with Crippen molar-refractivity contribution in [3.05, 3.63) is 58.8 Å². The van der Waals surface area contributed by atoms with Gasteiger partial charge in [-0.05, 0) is 35.4 Å². The minimum atomic E-state index is -0.539. The molecule has 0 saturated heterocycles. The molecule has 0 bridgehead atoms. The van der Waals surface area contributed by atoms with Crippen LogP contribution in [0.2, 0.25) is 0 Å². The lowest BCUT2D eigenvalue weighted by Crippen LogP contribution is -2.21. The minimum absolute atomic E-state index is 0.185. The number of hydrogen-bond donors (Lipinski definition) is 1. The number of rotatable bonds is 1. The molecular formula is C15H10N2O4. The Hall–Kier alpha value is -3.02. The van der Waals surface area contributed by atoms with Gasteiger partial charge in [0, 0.05) is 0 Å². The van der Waals surface area contributed by atoms with Gasteiger partial charge in [-0.3, -0.25) is 4.52 Å². The number of aromatic nitrogens is 2. The molecule has 1 N–H and O–H groups in total. The van der Waals surface area contributed by atoms with E-state index in [9.17, 15) is 9.90 Å². The van der Waals surface area contributed by atoms with E-state index in [0.29, 0.717) is 17.3 Å². The minimum Gasteiger partial charge on any atom is -0.508 e. The fraction of sp³-hybridized carbons (Fsp3) is 0.0667. The van der Waals surface area contributed by atoms with Crippen molar-refractivity contribution in [2.45, 2.75) is 6.61 Å². The maximum atomic E-state index is 11.8. The molecule has 6 heteroatoms. The first-order chi connectivity index (χ1) is 10.2. The SMILES string of the molecule is O=c1onc2n1-c1cc(-c3cccc(O)c3)ccc1OC2. The molecule has 2 heterocycles. The number of hydrogen-bond acceptors (Lipinski definition) is 5. The van der Waals surface area contributed by atoms with Crippen LogP contribution in [0.3, 0.4) is 0 Å². The van der Waals surface area contributed by atoms with Crippen LogP contribution in [-0.4, -0.2) is 14.8 Å². The van der Waals surface area contributed by atoms with Gasteiger partial charge in [0.1, 0.15) is 11.5 Å². The second-order valence-electron chi connectivity index (χ2n) is 4.72. The van der Waals surface area contributed by atoms with Crippen LogP contribution in [0.4, 0.5) is 0 Å². The Kier molecular flexibility index (Phi) is 2.38. The second kappa shape index (κ2) is 4.24. The molecule has 0 unspecified atom stereocenters. The van der Waals surface area contributed by atoms with Gasteiger partial charge in [0.25, 0.3) is 0 Å². The molecule has 2 aromatic carbocycles. The molecule has 1 aromatic heterocycles. The summed E-state index contributed by atoms with van der Waals surface area (Å²) in [5.41, 5.74) is 2.28. The number of phenolic OH excluding ortho intramolecular Hbond substituents is 1. The van der Waals surface area contributed by atoms with E-state index in [1.807, 2.05) is 18.2 Å². The molecule has 4 rings (SSSR count). The molecule has 0 radical (unpaired) electrons. The van der Waals surface area contributed by atoms with Crippen LogP contribution in [0.5, 0.6) is 11.5 Å². The largest absolute Gasteiger partial charge is 0.508 e. The van der Waals surface area contributed by atoms with E-state index >= 15 is 0 Å². The van der Waals surface area contributed by atoms with E-state index in [0.717, 1.165) is 11.1 Å². The standard InChI is InChI=1S/C15H10N2O4/c18-11-3-1-2-9(6-11)10-4-5-13-12(7-10)17-14(8-20-13)16-21-15(17)19/h1-7,18H,8H2. The summed E-state index contributed by atoms with van der Waals surface area (Å²) in [7, 11) is 0. The highest BCUT2D eigenvalue weighted by atomic mass is 16.5. The van der Waals surface area contributed by atoms with Crippen molar-refractivity contribution in [2.24, 2.45) is 0 Å². The average molecular weight is 282 g/mol. The Balaban J connectivity index is 1.92. The highest BCUT2D eigenvalue weighted by Gasteiger charge is 2.22. The normalized spacial score (nSPS) is 12.4. The van der Waals surface area contributed by atoms with E-state index in [2.05, 4.69) is 9.68 Å². The maximum Gasteiger partial charge on any atom is 0.446 e. The summed E-state index contributed by atoms with van der Waals surface area (Å²) in [5, 5.41) is 13.3. The number of nitrogens with zero attached hydrogens (tertiary/aromatic N) is 2. The molecule has 0 fully saturated rings. The van der Waals surface area contributed by atoms with Crippen LogP contribution in [0.1, 0.15) is 5.82 Å². The maximum absolute atomic E-state index is 11.8. The van der Waals surface area contributed by atoms with Crippen LogP contribution in [-0.2, 0) is 6.61 Å². The Labute approximate surface area is 118 Å². The van der Waals surface area contributed by atoms with Crippen molar-refractivity contribution in [1.29, 1.82) is 0 Å². The highest BCUT2D eigenvalue weighted by Crippen LogP contribution is 2.33. The van der Waals surface area contributed by atoms with Crippen LogP contribution in [0, 0.1) is 0 Å². The lowest BCUT2D eigenvalue weighted by atomic mass is 10.0. The zero-order valence-corrected chi connectivity index (χ0v) is 10.8. The topological polar surface area (TPSA) is 77.5 Å². The van der Waals surface area contributed by atoms with Crippen LogP contribution in [0.25, 0.3) is 16.8 Å². The third-order valence-electron chi connectivity index (χ3n) is 3.41. The summed E-state index contributed by atoms with van der Waals surface area (Å²) in [4.78, 5) is 11.8. The van der Waals surface area contributed by atoms with E-state index in [-0.39, 0.29) is 12.4 Å². The molecule has 0 atom stereocenters. The molecular weight excluding hydrogens is 272 g/mol. The zero-order valence-electron chi connectivity index (χ0n) is 10.8. The molecule has 0 spiro atoms. The summed E-state index contributed by atoms with van der Waals surface area (Å²) in [6, 6.07) is 12.4. The Morgan fingerprint density at radius 1 is 1.14 bits per heavy atom. The van der Waals surface area contributed by atoms with Crippen molar-refractivity contribution >= 4 is 0 Å². The first-order valence-electron chi connectivity index (χ1n) is 6.36. The van der Waals surface area contributed by atoms with Crippen molar-refractivity contribution in [3.63, 3.8) is 0 Å². The Morgan fingerprint density at radius 2 is 2.00 bits per heavy atom. The van der Waals surface area contributed by atoms with Gasteiger partial charge in [0.15, 0.2) is 12.4 Å². The summed E-state index contributed by atoms with van der Waals surface area (Å²) in [5.74, 6) is 0.671. The van der Waals surface area contributed by atoms with Gasteiger partial charge >= 0.3 is 5.76 Å². The molecule has 21 heavy (non-hydrogen) atoms. The summed E-state index contributed by atoms with van der Waals surface area (Å²) in [6.45, 7) is 0.199. The van der Waals surface area contributed by atoms with Crippen molar-refractivity contribution in [2.75, 3.05) is 0 Å². The first-order valence-corrected chi connectivity index (χ1v) is 6.36. The molecule has 0 aliphatic carbocycles. The monoisotopic (exact) mass is 282 g/mol. The fourth-order valence-corrected chi connectivity index (χ4v) is 2.43. The van der Waals surface area contributed by atoms with Crippen LogP contribution in [0.15, 0.2) is 51.8 Å². The van der Waals surface area contributed by atoms with Crippen LogP contribution < -0.4 is 10.5 Å². The lowest BCUT2D eigenvalue weighted by Gasteiger charge is -2.18. The van der Waals surface area contributed by atoms with Gasteiger partial charge in [0.05, 0.1) is 5.69 Å². The Bertz CT molecular complexity index is 895. The van der Waals surface area contributed by atoms with Crippen molar-refractivity contribution < 1.29 is 14.4 Å². The predicted molar refractivity (Wildman–Crippen MR) is 73.5 cm³/mol. The molecule has 0 saturated carbocycles. The van der Waals surface area contributed by atoms with Gasteiger partial charge in [-0.2, -0.15) is 0 Å². The Morgan fingerprint density at radius 3 is 2.86 bits per heavy atom. The lowest BCUT2D eigenvalue weighted by molar-refractivity contribution is 0.274. The van der Waals surface area contributed by atoms with Gasteiger partial charge in [-0.1, -0.05) is 23.4 Å². The van der Waals surface area contributed by atoms with Gasteiger partial charge < -0.3 is 9.84 Å². The average Bonchev–Trinajstić information content (AvgIpc) is 2.88. The summed E-state index contributed by atoms with van der Waals surface area (Å²) < 4.78 is 11.6. The number of aromatic hydroxyl groups is 1. The highest BCUT2D eigenvalue weighted by molar-refractivity contribution is 5.70. The number of fused-ring (bicyclic) bond motifs is 3. The van der Waals surface area contributed by atoms with Crippen LogP contribution >= 0.6 is 0 Å². The van der Waals surface area contributed by atoms with Crippen molar-refractivity contribution in [1.82, 2.24) is 9.72 Å². The smallest absolute Gasteiger partial charge is 0.446 e. The fourth-order valence-electron chi connectivity index (χ4n) is 2.43. The number of benzene rings is 2. The van der Waals surface area contributed by atoms with E-state index in [1.165, 1.54) is 4.57 Å². The molecule has 1 aliphatic heterocycles. The molecule has 1 aliphatic rings. The second-order valence-corrected chi connectivity index (χ2v) is 4.72. The van der Waals surface area contributed by atoms with E-state index in [1.54, 1.807) is 24.3 Å². The van der Waals surface area contributed by atoms with Crippen molar-refractivity contribution in [3.8, 4) is 28.3 Å². The number of phenols is 1.